The molecule has 0 aliphatic carbocycles. The van der Waals surface area contributed by atoms with Crippen molar-refractivity contribution in [1.82, 2.24) is 14.5 Å². The summed E-state index contributed by atoms with van der Waals surface area (Å²) in [6.45, 7) is 4.49. The van der Waals surface area contributed by atoms with Crippen molar-refractivity contribution < 1.29 is 14.8 Å². The third-order valence-corrected chi connectivity index (χ3v) is 5.35. The Morgan fingerprint density at radius 2 is 2.03 bits per heavy atom. The normalized spacial score (nSPS) is 18.0. The number of aliphatic hydroxyl groups is 1. The zero-order valence-electron chi connectivity index (χ0n) is 17.0. The minimum atomic E-state index is -1.09. The number of piperidine rings is 1. The number of ether oxygens (including phenoxy) is 1. The van der Waals surface area contributed by atoms with E-state index in [0.29, 0.717) is 13.2 Å². The monoisotopic (exact) mass is 434 g/mol. The molecule has 1 fully saturated rings. The van der Waals surface area contributed by atoms with Gasteiger partial charge in [0, 0.05) is 19.6 Å². The van der Waals surface area contributed by atoms with Crippen molar-refractivity contribution in [3.63, 3.8) is 0 Å². The Kier molecular flexibility index (Phi) is 7.60. The first-order valence-corrected chi connectivity index (χ1v) is 10.4. The smallest absolute Gasteiger partial charge is 0.383 e. The van der Waals surface area contributed by atoms with Gasteiger partial charge in [0.15, 0.2) is 0 Å². The topological polar surface area (TPSA) is 93.7 Å². The molecule has 0 radical (unpaired) electrons. The van der Waals surface area contributed by atoms with Gasteiger partial charge >= 0.3 is 11.1 Å². The average molecular weight is 435 g/mol. The highest BCUT2D eigenvalue weighted by atomic mass is 35.5. The number of hydrogen-bond acceptors (Lipinski definition) is 6. The number of rotatable bonds is 9. The van der Waals surface area contributed by atoms with Gasteiger partial charge in [0.1, 0.15) is 6.20 Å². The molecule has 3 rings (SSSR count). The van der Waals surface area contributed by atoms with Crippen LogP contribution < -0.4 is 0 Å². The van der Waals surface area contributed by atoms with Gasteiger partial charge in [-0.3, -0.25) is 4.57 Å². The first-order chi connectivity index (χ1) is 14.3. The molecule has 1 aliphatic heterocycles. The molecule has 0 saturated carbocycles. The molecule has 8 nitrogen and oxygen atoms in total. The van der Waals surface area contributed by atoms with E-state index in [1.54, 1.807) is 6.92 Å². The SMILES string of the molecule is C[C@](O)(CN1CCC(OC/C=C/c2ccccc2)CC1)Cn1cc([N+](=O)[O-])nc1Cl. The molecule has 1 aromatic heterocycles. The van der Waals surface area contributed by atoms with Crippen LogP contribution in [0.1, 0.15) is 25.3 Å². The third-order valence-electron chi connectivity index (χ3n) is 5.05. The molecule has 2 heterocycles. The Morgan fingerprint density at radius 3 is 2.67 bits per heavy atom. The van der Waals surface area contributed by atoms with Crippen molar-refractivity contribution >= 4 is 23.5 Å². The maximum atomic E-state index is 10.8. The minimum absolute atomic E-state index is 0.00218. The highest BCUT2D eigenvalue weighted by Crippen LogP contribution is 2.21. The molecular weight excluding hydrogens is 408 g/mol. The number of nitro groups is 1. The van der Waals surface area contributed by atoms with Crippen LogP contribution in [0.25, 0.3) is 6.08 Å². The molecule has 1 N–H and O–H groups in total. The first kappa shape index (κ1) is 22.4. The van der Waals surface area contributed by atoms with Gasteiger partial charge < -0.3 is 24.9 Å². The number of benzene rings is 1. The summed E-state index contributed by atoms with van der Waals surface area (Å²) in [7, 11) is 0. The second-order valence-electron chi connectivity index (χ2n) is 7.87. The standard InChI is InChI=1S/C21H27ClN4O4/c1-21(27,16-25-14-19(26(28)29)23-20(25)22)15-24-11-9-18(10-12-24)30-13-5-8-17-6-3-2-4-7-17/h2-8,14,18,27H,9-13,15-16H2,1H3/b8-5+/t21-/m0/s1. The van der Waals surface area contributed by atoms with Crippen molar-refractivity contribution in [2.24, 2.45) is 0 Å². The Labute approximate surface area is 180 Å². The summed E-state index contributed by atoms with van der Waals surface area (Å²) in [6.07, 6.45) is 7.33. The van der Waals surface area contributed by atoms with Gasteiger partial charge in [0.2, 0.25) is 0 Å². The van der Waals surface area contributed by atoms with Gasteiger partial charge in [-0.05, 0) is 46.8 Å². The van der Waals surface area contributed by atoms with Crippen molar-refractivity contribution in [1.29, 1.82) is 0 Å². The third kappa shape index (κ3) is 6.63. The van der Waals surface area contributed by atoms with E-state index < -0.39 is 10.5 Å². The molecule has 0 spiro atoms. The van der Waals surface area contributed by atoms with Crippen LogP contribution >= 0.6 is 11.6 Å². The molecule has 0 unspecified atom stereocenters. The van der Waals surface area contributed by atoms with Crippen molar-refractivity contribution in [2.45, 2.75) is 38.0 Å². The molecule has 2 aromatic rings. The zero-order valence-corrected chi connectivity index (χ0v) is 17.7. The van der Waals surface area contributed by atoms with Gasteiger partial charge in [-0.1, -0.05) is 42.5 Å². The largest absolute Gasteiger partial charge is 0.387 e. The van der Waals surface area contributed by atoms with Crippen LogP contribution in [-0.4, -0.2) is 62.4 Å². The van der Waals surface area contributed by atoms with Crippen LogP contribution in [0, 0.1) is 10.1 Å². The predicted octanol–water partition coefficient (Wildman–Crippen LogP) is 3.39. The van der Waals surface area contributed by atoms with Gasteiger partial charge in [-0.15, -0.1) is 0 Å². The summed E-state index contributed by atoms with van der Waals surface area (Å²) in [4.78, 5) is 16.1. The molecule has 1 aliphatic rings. The van der Waals surface area contributed by atoms with Gasteiger partial charge in [0.25, 0.3) is 0 Å². The molecule has 1 aromatic carbocycles. The van der Waals surface area contributed by atoms with Crippen molar-refractivity contribution in [3.8, 4) is 0 Å². The minimum Gasteiger partial charge on any atom is -0.387 e. The number of imidazole rings is 1. The van der Waals surface area contributed by atoms with Gasteiger partial charge in [0.05, 0.1) is 24.9 Å². The summed E-state index contributed by atoms with van der Waals surface area (Å²) in [6, 6.07) is 10.1. The molecule has 1 atom stereocenters. The van der Waals surface area contributed by atoms with E-state index in [0.717, 1.165) is 31.5 Å². The second kappa shape index (κ2) is 10.2. The summed E-state index contributed by atoms with van der Waals surface area (Å²) in [5, 5.41) is 21.6. The van der Waals surface area contributed by atoms with Crippen LogP contribution in [0.4, 0.5) is 5.82 Å². The molecule has 0 amide bonds. The van der Waals surface area contributed by atoms with Crippen molar-refractivity contribution in [3.05, 3.63) is 63.6 Å². The van der Waals surface area contributed by atoms with Gasteiger partial charge in [-0.2, -0.15) is 0 Å². The highest BCUT2D eigenvalue weighted by Gasteiger charge is 2.30. The van der Waals surface area contributed by atoms with E-state index in [4.69, 9.17) is 16.3 Å². The van der Waals surface area contributed by atoms with Crippen LogP contribution in [0.3, 0.4) is 0 Å². The summed E-state index contributed by atoms with van der Waals surface area (Å²) in [5.74, 6) is -0.324. The lowest BCUT2D eigenvalue weighted by atomic mass is 10.0. The van der Waals surface area contributed by atoms with Gasteiger partial charge in [-0.25, -0.2) is 0 Å². The fourth-order valence-corrected chi connectivity index (χ4v) is 3.85. The van der Waals surface area contributed by atoms with Crippen LogP contribution in [0.5, 0.6) is 0 Å². The average Bonchev–Trinajstić information content (AvgIpc) is 3.07. The maximum absolute atomic E-state index is 10.8. The number of likely N-dealkylation sites (tertiary alicyclic amines) is 1. The number of aromatic nitrogens is 2. The number of halogens is 1. The molecule has 162 valence electrons. The molecule has 30 heavy (non-hydrogen) atoms. The van der Waals surface area contributed by atoms with Crippen LogP contribution in [0.2, 0.25) is 5.28 Å². The Balaban J connectivity index is 1.41. The number of nitrogens with zero attached hydrogens (tertiary/aromatic N) is 4. The Bertz CT molecular complexity index is 861. The number of β-amino-alcohol motifs (C(OH)–C–C–N with tert-alkyl or cyclic N) is 1. The van der Waals surface area contributed by atoms with E-state index in [1.807, 2.05) is 24.3 Å². The highest BCUT2D eigenvalue weighted by molar-refractivity contribution is 6.28. The Hall–Kier alpha value is -2.26. The fraction of sp³-hybridized carbons (Fsp3) is 0.476. The van der Waals surface area contributed by atoms with E-state index >= 15 is 0 Å². The summed E-state index contributed by atoms with van der Waals surface area (Å²) < 4.78 is 7.36. The number of hydrogen-bond donors (Lipinski definition) is 1. The van der Waals surface area contributed by atoms with Crippen LogP contribution in [0.15, 0.2) is 42.6 Å². The summed E-state index contributed by atoms with van der Waals surface area (Å²) in [5.41, 5.74) is 0.0612. The van der Waals surface area contributed by atoms with E-state index in [2.05, 4.69) is 28.1 Å². The Morgan fingerprint density at radius 1 is 1.33 bits per heavy atom. The van der Waals surface area contributed by atoms with E-state index in [1.165, 1.54) is 10.8 Å². The lowest BCUT2D eigenvalue weighted by Gasteiger charge is -2.36. The molecule has 9 heteroatoms. The first-order valence-electron chi connectivity index (χ1n) is 9.97. The maximum Gasteiger partial charge on any atom is 0.383 e. The van der Waals surface area contributed by atoms with Crippen LogP contribution in [-0.2, 0) is 11.3 Å². The van der Waals surface area contributed by atoms with Crippen molar-refractivity contribution in [2.75, 3.05) is 26.2 Å². The molecule has 1 saturated heterocycles. The lowest BCUT2D eigenvalue weighted by Crippen LogP contribution is -2.47. The predicted molar refractivity (Wildman–Crippen MR) is 115 cm³/mol. The molecular formula is C21H27ClN4O4. The summed E-state index contributed by atoms with van der Waals surface area (Å²) >= 11 is 5.96. The second-order valence-corrected chi connectivity index (χ2v) is 8.21. The lowest BCUT2D eigenvalue weighted by molar-refractivity contribution is -0.389. The quantitative estimate of drug-likeness (QED) is 0.480. The van der Waals surface area contributed by atoms with E-state index in [9.17, 15) is 15.2 Å². The zero-order chi connectivity index (χ0) is 21.6. The van der Waals surface area contributed by atoms with E-state index in [-0.39, 0.29) is 23.8 Å². The molecule has 0 bridgehead atoms. The fourth-order valence-electron chi connectivity index (χ4n) is 3.65.